The molecule has 1 aliphatic heterocycles. The fourth-order valence-electron chi connectivity index (χ4n) is 1.31. The van der Waals surface area contributed by atoms with E-state index < -0.39 is 6.40 Å². The molecule has 62 valence electrons. The van der Waals surface area contributed by atoms with Gasteiger partial charge in [0.1, 0.15) is 12.1 Å². The van der Waals surface area contributed by atoms with Crippen molar-refractivity contribution in [3.8, 4) is 0 Å². The third-order valence-corrected chi connectivity index (χ3v) is 2.12. The number of hydrogen-bond donors (Lipinski definition) is 0. The van der Waals surface area contributed by atoms with Gasteiger partial charge in [0, 0.05) is 31.8 Å². The Kier molecular flexibility index (Phi) is 1.18. The Hall–Kier alpha value is -1.38. The van der Waals surface area contributed by atoms with E-state index in [1.165, 1.54) is 6.33 Å². The van der Waals surface area contributed by atoms with Gasteiger partial charge in [-0.15, -0.1) is 0 Å². The maximum atomic E-state index is 7.87. The second kappa shape index (κ2) is 2.30. The van der Waals surface area contributed by atoms with Crippen LogP contribution in [0.2, 0.25) is 0 Å². The van der Waals surface area contributed by atoms with Crippen LogP contribution in [-0.4, -0.2) is 17.0 Å². The number of rotatable bonds is 0. The smallest absolute Gasteiger partial charge is 0.139 e. The Labute approximate surface area is 73.2 Å². The molecule has 0 spiro atoms. The molecule has 0 N–H and O–H groups in total. The van der Waals surface area contributed by atoms with E-state index in [0.717, 1.165) is 22.8 Å². The summed E-state index contributed by atoms with van der Waals surface area (Å²) in [5.41, 5.74) is 2.52. The molecule has 0 aromatic carbocycles. The van der Waals surface area contributed by atoms with E-state index in [2.05, 4.69) is 16.5 Å². The van der Waals surface area contributed by atoms with Crippen LogP contribution in [0.1, 0.15) is 12.6 Å². The first-order chi connectivity index (χ1) is 6.13. The lowest BCUT2D eigenvalue weighted by atomic mass is 10.2. The molecule has 1 atom stereocenters. The van der Waals surface area contributed by atoms with Gasteiger partial charge in [0.15, 0.2) is 0 Å². The third kappa shape index (κ3) is 0.826. The van der Waals surface area contributed by atoms with E-state index in [0.29, 0.717) is 0 Å². The maximum absolute atomic E-state index is 7.87. The highest BCUT2D eigenvalue weighted by Gasteiger charge is 2.22. The Morgan fingerprint density at radius 2 is 2.42 bits per heavy atom. The van der Waals surface area contributed by atoms with Gasteiger partial charge in [-0.1, -0.05) is 6.58 Å². The van der Waals surface area contributed by atoms with E-state index in [1.54, 1.807) is 0 Å². The number of likely N-dealkylation sites (N-methyl/N-ethyl adjacent to an activating group) is 1. The number of hydrogen-bond acceptors (Lipinski definition) is 3. The average Bonchev–Trinajstić information content (AvgIpc) is 2.33. The highest BCUT2D eigenvalue weighted by atomic mass is 15.2. The molecule has 2 rings (SSSR count). The van der Waals surface area contributed by atoms with Gasteiger partial charge in [-0.2, -0.15) is 0 Å². The number of aryl methyl sites for hydroxylation is 1. The van der Waals surface area contributed by atoms with Gasteiger partial charge in [0.05, 0.1) is 0 Å². The molecule has 3 heteroatoms. The zero-order chi connectivity index (χ0) is 9.59. The van der Waals surface area contributed by atoms with Crippen LogP contribution in [0.5, 0.6) is 0 Å². The molecule has 1 aromatic rings. The van der Waals surface area contributed by atoms with Crippen molar-refractivity contribution < 1.29 is 1.37 Å². The van der Waals surface area contributed by atoms with Crippen LogP contribution < -0.4 is 4.90 Å². The summed E-state index contributed by atoms with van der Waals surface area (Å²) in [5.74, 6) is 0.817. The first kappa shape index (κ1) is 6.17. The molecule has 1 unspecified atom stereocenters. The molecule has 0 aliphatic carbocycles. The van der Waals surface area contributed by atoms with Crippen LogP contribution in [0.3, 0.4) is 0 Å². The van der Waals surface area contributed by atoms with E-state index in [9.17, 15) is 0 Å². The fourth-order valence-corrected chi connectivity index (χ4v) is 1.31. The van der Waals surface area contributed by atoms with Crippen LogP contribution in [0.4, 0.5) is 5.82 Å². The highest BCUT2D eigenvalue weighted by Crippen LogP contribution is 2.30. The molecule has 1 aliphatic rings. The van der Waals surface area contributed by atoms with E-state index in [4.69, 9.17) is 1.37 Å². The lowest BCUT2D eigenvalue weighted by Gasteiger charge is -2.11. The first-order valence-electron chi connectivity index (χ1n) is 4.37. The summed E-state index contributed by atoms with van der Waals surface area (Å²) in [7, 11) is 1.88. The van der Waals surface area contributed by atoms with Crippen molar-refractivity contribution in [1.82, 2.24) is 9.97 Å². The van der Waals surface area contributed by atoms with E-state index in [1.807, 2.05) is 18.9 Å². The van der Waals surface area contributed by atoms with Crippen molar-refractivity contribution in [2.45, 2.75) is 13.3 Å². The monoisotopic (exact) mass is 163 g/mol. The maximum Gasteiger partial charge on any atom is 0.139 e. The van der Waals surface area contributed by atoms with Crippen molar-refractivity contribution >= 4 is 5.82 Å². The van der Waals surface area contributed by atoms with Crippen LogP contribution >= 0.6 is 0 Å². The summed E-state index contributed by atoms with van der Waals surface area (Å²) < 4.78 is 7.87. The van der Waals surface area contributed by atoms with E-state index >= 15 is 0 Å². The summed E-state index contributed by atoms with van der Waals surface area (Å²) in [6.07, 6.45) is 1.12. The Bertz CT molecular complexity index is 375. The number of fused-ring (bicyclic) bond motifs is 1. The zero-order valence-electron chi connectivity index (χ0n) is 8.20. The molecular weight excluding hydrogens is 150 g/mol. The summed E-state index contributed by atoms with van der Waals surface area (Å²) >= 11 is 0. The SMILES string of the molecule is [3H]C1C(=C)N(C)c2ncnc(C)c21. The largest absolute Gasteiger partial charge is 0.333 e. The Morgan fingerprint density at radius 1 is 1.67 bits per heavy atom. The van der Waals surface area contributed by atoms with Gasteiger partial charge in [-0.3, -0.25) is 0 Å². The van der Waals surface area contributed by atoms with Crippen LogP contribution in [0, 0.1) is 6.92 Å². The number of anilines is 1. The summed E-state index contributed by atoms with van der Waals surface area (Å²) in [6.45, 7) is 5.74. The lowest BCUT2D eigenvalue weighted by Crippen LogP contribution is -2.11. The zero-order valence-corrected chi connectivity index (χ0v) is 7.20. The van der Waals surface area contributed by atoms with Crippen molar-refractivity contribution in [2.24, 2.45) is 0 Å². The topological polar surface area (TPSA) is 29.0 Å². The molecule has 0 saturated heterocycles. The first-order valence-corrected chi connectivity index (χ1v) is 3.79. The summed E-state index contributed by atoms with van der Waals surface area (Å²) in [6, 6.07) is 0. The molecule has 0 fully saturated rings. The molecule has 0 saturated carbocycles. The molecule has 2 heterocycles. The number of nitrogens with zero attached hydrogens (tertiary/aromatic N) is 3. The third-order valence-electron chi connectivity index (χ3n) is 2.12. The second-order valence-electron chi connectivity index (χ2n) is 2.89. The molecule has 1 aromatic heterocycles. The lowest BCUT2D eigenvalue weighted by molar-refractivity contribution is 1.05. The summed E-state index contributed by atoms with van der Waals surface area (Å²) in [5, 5.41) is 0. The molecule has 0 amide bonds. The minimum atomic E-state index is -0.402. The van der Waals surface area contributed by atoms with Gasteiger partial charge in [0.25, 0.3) is 0 Å². The fraction of sp³-hybridized carbons (Fsp3) is 0.333. The molecule has 0 radical (unpaired) electrons. The number of aromatic nitrogens is 2. The normalized spacial score (nSPS) is 22.5. The number of allylic oxidation sites excluding steroid dienone is 1. The molecular formula is C9H11N3. The summed E-state index contributed by atoms with van der Waals surface area (Å²) in [4.78, 5) is 10.1. The van der Waals surface area contributed by atoms with Crippen LogP contribution in [0.25, 0.3) is 0 Å². The highest BCUT2D eigenvalue weighted by molar-refractivity contribution is 5.59. The standard InChI is InChI=1S/C9H11N3/c1-6-4-8-7(2)10-5-11-9(8)12(6)3/h5H,1,4H2,2-3H3/i4T. The minimum Gasteiger partial charge on any atom is -0.333 e. The van der Waals surface area contributed by atoms with Crippen molar-refractivity contribution in [3.63, 3.8) is 0 Å². The van der Waals surface area contributed by atoms with Crippen LogP contribution in [0.15, 0.2) is 18.6 Å². The Morgan fingerprint density at radius 3 is 3.08 bits per heavy atom. The van der Waals surface area contributed by atoms with Gasteiger partial charge in [-0.25, -0.2) is 9.97 Å². The van der Waals surface area contributed by atoms with Gasteiger partial charge < -0.3 is 4.90 Å². The van der Waals surface area contributed by atoms with Gasteiger partial charge >= 0.3 is 0 Å². The van der Waals surface area contributed by atoms with Gasteiger partial charge in [0.2, 0.25) is 0 Å². The van der Waals surface area contributed by atoms with E-state index in [-0.39, 0.29) is 0 Å². The minimum absolute atomic E-state index is 0.402. The van der Waals surface area contributed by atoms with Gasteiger partial charge in [-0.05, 0) is 6.92 Å². The molecule has 3 nitrogen and oxygen atoms in total. The average molecular weight is 163 g/mol. The van der Waals surface area contributed by atoms with Crippen molar-refractivity contribution in [3.05, 3.63) is 29.9 Å². The molecule has 12 heavy (non-hydrogen) atoms. The predicted molar refractivity (Wildman–Crippen MR) is 48.0 cm³/mol. The molecule has 0 bridgehead atoms. The van der Waals surface area contributed by atoms with Crippen molar-refractivity contribution in [1.29, 1.82) is 0 Å². The second-order valence-corrected chi connectivity index (χ2v) is 2.89. The predicted octanol–water partition coefficient (Wildman–Crippen LogP) is 1.29. The Balaban J connectivity index is 2.66. The quantitative estimate of drug-likeness (QED) is 0.577. The van der Waals surface area contributed by atoms with Crippen molar-refractivity contribution in [2.75, 3.05) is 11.9 Å². The van der Waals surface area contributed by atoms with Crippen LogP contribution in [-0.2, 0) is 6.40 Å².